The van der Waals surface area contributed by atoms with Crippen molar-refractivity contribution in [3.63, 3.8) is 0 Å². The average Bonchev–Trinajstić information content (AvgIpc) is 2.86. The average molecular weight is 292 g/mol. The van der Waals surface area contributed by atoms with Crippen LogP contribution in [0.5, 0.6) is 0 Å². The molecule has 1 aliphatic rings. The molecule has 3 rings (SSSR count). The van der Waals surface area contributed by atoms with Gasteiger partial charge in [0.25, 0.3) is 10.1 Å². The summed E-state index contributed by atoms with van der Waals surface area (Å²) in [6, 6.07) is 8.99. The third kappa shape index (κ3) is 2.14. The topological polar surface area (TPSA) is 97.1 Å². The minimum absolute atomic E-state index is 0.347. The maximum atomic E-state index is 11.3. The van der Waals surface area contributed by atoms with Crippen molar-refractivity contribution in [3.05, 3.63) is 46.5 Å². The molecule has 8 heteroatoms. The fourth-order valence-electron chi connectivity index (χ4n) is 2.65. The number of benzene rings is 1. The van der Waals surface area contributed by atoms with Gasteiger partial charge in [0.15, 0.2) is 0 Å². The molecule has 2 aromatic rings. The minimum Gasteiger partial charge on any atom is -0.341 e. The van der Waals surface area contributed by atoms with Gasteiger partial charge in [0.1, 0.15) is 12.1 Å². The summed E-state index contributed by atoms with van der Waals surface area (Å²) in [7, 11) is -3.60. The largest absolute Gasteiger partial charge is 0.341 e. The van der Waals surface area contributed by atoms with E-state index in [4.69, 9.17) is 9.71 Å². The van der Waals surface area contributed by atoms with Crippen molar-refractivity contribution in [1.29, 1.82) is 0 Å². The Labute approximate surface area is 115 Å². The maximum Gasteiger partial charge on any atom is 0.264 e. The van der Waals surface area contributed by atoms with Gasteiger partial charge in [0.2, 0.25) is 0 Å². The Hall–Kier alpha value is -2.02. The van der Waals surface area contributed by atoms with Gasteiger partial charge in [-0.2, -0.15) is 8.42 Å². The number of hydrogen-bond acceptors (Lipinski definition) is 4. The van der Waals surface area contributed by atoms with Crippen molar-refractivity contribution in [2.24, 2.45) is 5.11 Å². The Morgan fingerprint density at radius 3 is 2.90 bits per heavy atom. The number of para-hydroxylation sites is 1. The van der Waals surface area contributed by atoms with Crippen molar-refractivity contribution in [2.75, 3.05) is 6.26 Å². The molecule has 0 N–H and O–H groups in total. The van der Waals surface area contributed by atoms with Gasteiger partial charge < -0.3 is 4.57 Å². The van der Waals surface area contributed by atoms with E-state index < -0.39 is 22.3 Å². The number of aromatic nitrogens is 1. The molecule has 0 radical (unpaired) electrons. The molecule has 0 spiro atoms. The molecule has 2 heterocycles. The van der Waals surface area contributed by atoms with E-state index in [0.717, 1.165) is 22.9 Å². The number of azide groups is 1. The van der Waals surface area contributed by atoms with E-state index in [1.54, 1.807) is 0 Å². The summed E-state index contributed by atoms with van der Waals surface area (Å²) in [5.74, 6) is 0. The van der Waals surface area contributed by atoms with Crippen LogP contribution in [-0.2, 0) is 20.8 Å². The lowest BCUT2D eigenvalue weighted by Crippen LogP contribution is -2.21. The van der Waals surface area contributed by atoms with Gasteiger partial charge in [-0.3, -0.25) is 4.18 Å². The standard InChI is InChI=1S/C12H12N4O3S/c1-20(17,18)19-11-7-16-9-5-3-2-4-8(9)6-10(16)12(11)14-15-13/h2-6,11-12H,7H2,1H3/t11-,12-/m1/s1. The zero-order valence-electron chi connectivity index (χ0n) is 10.7. The Kier molecular flexibility index (Phi) is 2.93. The van der Waals surface area contributed by atoms with Crippen LogP contribution >= 0.6 is 0 Å². The van der Waals surface area contributed by atoms with E-state index >= 15 is 0 Å². The first-order valence-corrected chi connectivity index (χ1v) is 7.82. The predicted octanol–water partition coefficient (Wildman–Crippen LogP) is 2.35. The van der Waals surface area contributed by atoms with Crippen molar-refractivity contribution < 1.29 is 12.6 Å². The Bertz CT molecular complexity index is 820. The first-order valence-electron chi connectivity index (χ1n) is 6.00. The number of rotatable bonds is 3. The van der Waals surface area contributed by atoms with Crippen LogP contribution < -0.4 is 0 Å². The highest BCUT2D eigenvalue weighted by atomic mass is 32.2. The molecule has 1 aromatic carbocycles. The molecule has 0 saturated heterocycles. The molecule has 0 aliphatic carbocycles. The molecule has 1 aromatic heterocycles. The maximum absolute atomic E-state index is 11.3. The second-order valence-corrected chi connectivity index (χ2v) is 6.33. The molecule has 20 heavy (non-hydrogen) atoms. The number of nitrogens with zero attached hydrogens (tertiary/aromatic N) is 4. The molecule has 7 nitrogen and oxygen atoms in total. The van der Waals surface area contributed by atoms with E-state index in [-0.39, 0.29) is 0 Å². The van der Waals surface area contributed by atoms with Gasteiger partial charge in [-0.05, 0) is 23.1 Å². The fraction of sp³-hybridized carbons (Fsp3) is 0.333. The van der Waals surface area contributed by atoms with Crippen LogP contribution in [0.15, 0.2) is 35.4 Å². The summed E-state index contributed by atoms with van der Waals surface area (Å²) in [4.78, 5) is 2.80. The van der Waals surface area contributed by atoms with Crippen molar-refractivity contribution in [3.8, 4) is 0 Å². The molecule has 0 fully saturated rings. The van der Waals surface area contributed by atoms with Crippen LogP contribution in [0.25, 0.3) is 21.3 Å². The van der Waals surface area contributed by atoms with E-state index in [9.17, 15) is 8.42 Å². The van der Waals surface area contributed by atoms with Crippen LogP contribution in [0.3, 0.4) is 0 Å². The normalized spacial score (nSPS) is 21.6. The second kappa shape index (κ2) is 4.52. The van der Waals surface area contributed by atoms with Crippen LogP contribution in [0.4, 0.5) is 0 Å². The lowest BCUT2D eigenvalue weighted by molar-refractivity contribution is 0.186. The third-order valence-corrected chi connectivity index (χ3v) is 3.93. The molecule has 0 saturated carbocycles. The Balaban J connectivity index is 2.09. The molecule has 0 unspecified atom stereocenters. The smallest absolute Gasteiger partial charge is 0.264 e. The summed E-state index contributed by atoms with van der Waals surface area (Å²) in [6.45, 7) is 0.347. The molecule has 2 atom stereocenters. The molecule has 104 valence electrons. The lowest BCUT2D eigenvalue weighted by atomic mass is 10.1. The summed E-state index contributed by atoms with van der Waals surface area (Å²) in [5, 5.41) is 4.72. The first kappa shape index (κ1) is 13.0. The van der Waals surface area contributed by atoms with Crippen molar-refractivity contribution >= 4 is 21.0 Å². The highest BCUT2D eigenvalue weighted by Gasteiger charge is 2.36. The van der Waals surface area contributed by atoms with Gasteiger partial charge in [0, 0.05) is 16.1 Å². The van der Waals surface area contributed by atoms with E-state index in [1.807, 2.05) is 34.9 Å². The van der Waals surface area contributed by atoms with Gasteiger partial charge in [-0.1, -0.05) is 23.3 Å². The van der Waals surface area contributed by atoms with Crippen LogP contribution in [0.2, 0.25) is 0 Å². The summed E-state index contributed by atoms with van der Waals surface area (Å²) >= 11 is 0. The van der Waals surface area contributed by atoms with Crippen LogP contribution in [0, 0.1) is 0 Å². The monoisotopic (exact) mass is 292 g/mol. The highest BCUT2D eigenvalue weighted by Crippen LogP contribution is 2.37. The van der Waals surface area contributed by atoms with Gasteiger partial charge in [-0.15, -0.1) is 0 Å². The number of hydrogen-bond donors (Lipinski definition) is 0. The van der Waals surface area contributed by atoms with E-state index in [0.29, 0.717) is 6.54 Å². The molecule has 0 amide bonds. The molecular formula is C12H12N4O3S. The summed E-state index contributed by atoms with van der Waals surface area (Å²) in [6.07, 6.45) is 0.298. The van der Waals surface area contributed by atoms with E-state index in [1.165, 1.54) is 0 Å². The fourth-order valence-corrected chi connectivity index (χ4v) is 3.26. The number of fused-ring (bicyclic) bond motifs is 3. The van der Waals surface area contributed by atoms with Crippen LogP contribution in [-0.4, -0.2) is 25.3 Å². The molecular weight excluding hydrogens is 280 g/mol. The molecule has 0 bridgehead atoms. The summed E-state index contributed by atoms with van der Waals surface area (Å²) in [5.41, 5.74) is 10.4. The van der Waals surface area contributed by atoms with Gasteiger partial charge in [-0.25, -0.2) is 0 Å². The van der Waals surface area contributed by atoms with Crippen molar-refractivity contribution in [1.82, 2.24) is 4.57 Å². The Morgan fingerprint density at radius 1 is 1.45 bits per heavy atom. The van der Waals surface area contributed by atoms with Gasteiger partial charge >= 0.3 is 0 Å². The Morgan fingerprint density at radius 2 is 2.20 bits per heavy atom. The second-order valence-electron chi connectivity index (χ2n) is 4.73. The molecule has 1 aliphatic heterocycles. The van der Waals surface area contributed by atoms with E-state index in [2.05, 4.69) is 10.0 Å². The third-order valence-electron chi connectivity index (χ3n) is 3.33. The predicted molar refractivity (Wildman–Crippen MR) is 73.5 cm³/mol. The minimum atomic E-state index is -3.60. The zero-order chi connectivity index (χ0) is 14.3. The van der Waals surface area contributed by atoms with Crippen molar-refractivity contribution in [2.45, 2.75) is 18.7 Å². The zero-order valence-corrected chi connectivity index (χ0v) is 11.5. The van der Waals surface area contributed by atoms with Crippen LogP contribution in [0.1, 0.15) is 11.7 Å². The first-order chi connectivity index (χ1) is 9.49. The SMILES string of the molecule is CS(=O)(=O)O[C@@H]1Cn2c(cc3ccccc32)[C@H]1N=[N+]=[N-]. The quantitative estimate of drug-likeness (QED) is 0.376. The lowest BCUT2D eigenvalue weighted by Gasteiger charge is -2.13. The summed E-state index contributed by atoms with van der Waals surface area (Å²) < 4.78 is 29.6. The van der Waals surface area contributed by atoms with Gasteiger partial charge in [0.05, 0.1) is 12.8 Å². The highest BCUT2D eigenvalue weighted by molar-refractivity contribution is 7.86.